The topological polar surface area (TPSA) is 84.8 Å². The average Bonchev–Trinajstić information content (AvgIpc) is 3.28. The van der Waals surface area contributed by atoms with E-state index >= 15 is 0 Å². The fraction of sp³-hybridized carbons (Fsp3) is 0.389. The van der Waals surface area contributed by atoms with Crippen LogP contribution in [0.1, 0.15) is 35.4 Å². The molecule has 0 atom stereocenters. The summed E-state index contributed by atoms with van der Waals surface area (Å²) in [6.45, 7) is 0. The predicted octanol–water partition coefficient (Wildman–Crippen LogP) is 3.26. The molecule has 0 radical (unpaired) electrons. The summed E-state index contributed by atoms with van der Waals surface area (Å²) in [5, 5.41) is 3.47. The molecule has 2 N–H and O–H groups in total. The van der Waals surface area contributed by atoms with Gasteiger partial charge in [-0.05, 0) is 31.1 Å². The summed E-state index contributed by atoms with van der Waals surface area (Å²) in [7, 11) is 3.04. The maximum atomic E-state index is 12.8. The number of ether oxygens (including phenoxy) is 2. The van der Waals surface area contributed by atoms with Gasteiger partial charge in [0.15, 0.2) is 15.5 Å². The number of carbonyl (C=O) groups excluding carboxylic acids is 1. The second-order valence-electron chi connectivity index (χ2n) is 6.51. The number of amides is 1. The van der Waals surface area contributed by atoms with E-state index in [0.717, 1.165) is 25.7 Å². The standard InChI is InChI=1S/C18H19N3O4S2/c1-24-12-7-10-11(8-13(12)25-2)21-15(20-16(10)22)14(27-18(21)26)17(23)19-9-5-3-4-6-9/h7-9H,3-6H2,1-2H3,(H,19,23)(H,20,22). The minimum absolute atomic E-state index is 0.185. The number of fused-ring (bicyclic) bond motifs is 3. The maximum absolute atomic E-state index is 12.8. The molecule has 2 heterocycles. The molecule has 3 aromatic rings. The molecular formula is C18H19N3O4S2. The van der Waals surface area contributed by atoms with Gasteiger partial charge in [0.1, 0.15) is 10.5 Å². The highest BCUT2D eigenvalue weighted by atomic mass is 32.1. The number of nitrogens with one attached hydrogen (secondary N) is 2. The number of H-pyrrole nitrogens is 1. The molecule has 1 aromatic carbocycles. The third kappa shape index (κ3) is 3.00. The first kappa shape index (κ1) is 18.0. The zero-order chi connectivity index (χ0) is 19.1. The van der Waals surface area contributed by atoms with E-state index in [-0.39, 0.29) is 17.5 Å². The van der Waals surface area contributed by atoms with Crippen molar-refractivity contribution < 1.29 is 14.3 Å². The Hall–Kier alpha value is -2.39. The van der Waals surface area contributed by atoms with Gasteiger partial charge in [0.2, 0.25) is 0 Å². The number of hydrogen-bond donors (Lipinski definition) is 2. The second-order valence-corrected chi connectivity index (χ2v) is 8.16. The minimum atomic E-state index is -0.311. The van der Waals surface area contributed by atoms with Gasteiger partial charge in [-0.2, -0.15) is 0 Å². The number of hydrogen-bond acceptors (Lipinski definition) is 6. The van der Waals surface area contributed by atoms with Gasteiger partial charge < -0.3 is 19.8 Å². The van der Waals surface area contributed by atoms with Crippen LogP contribution in [0.5, 0.6) is 11.5 Å². The van der Waals surface area contributed by atoms with Gasteiger partial charge in [0.05, 0.1) is 25.1 Å². The highest BCUT2D eigenvalue weighted by molar-refractivity contribution is 7.73. The number of carbonyl (C=O) groups is 1. The van der Waals surface area contributed by atoms with Crippen molar-refractivity contribution >= 4 is 46.0 Å². The Morgan fingerprint density at radius 1 is 1.26 bits per heavy atom. The van der Waals surface area contributed by atoms with Crippen molar-refractivity contribution in [2.75, 3.05) is 14.2 Å². The summed E-state index contributed by atoms with van der Waals surface area (Å²) in [4.78, 5) is 28.7. The first-order valence-electron chi connectivity index (χ1n) is 8.68. The zero-order valence-electron chi connectivity index (χ0n) is 15.0. The van der Waals surface area contributed by atoms with Crippen molar-refractivity contribution in [3.8, 4) is 11.5 Å². The van der Waals surface area contributed by atoms with Crippen LogP contribution in [-0.2, 0) is 0 Å². The lowest BCUT2D eigenvalue weighted by Gasteiger charge is -2.12. The molecule has 0 spiro atoms. The quantitative estimate of drug-likeness (QED) is 0.651. The lowest BCUT2D eigenvalue weighted by Crippen LogP contribution is -2.32. The number of thiazole rings is 1. The highest BCUT2D eigenvalue weighted by Gasteiger charge is 2.23. The normalized spacial score (nSPS) is 14.7. The van der Waals surface area contributed by atoms with Gasteiger partial charge >= 0.3 is 0 Å². The summed E-state index contributed by atoms with van der Waals surface area (Å²) in [5.41, 5.74) is 0.673. The van der Waals surface area contributed by atoms with Gasteiger partial charge in [0, 0.05) is 12.1 Å². The number of nitrogens with zero attached hydrogens (tertiary/aromatic N) is 1. The Balaban J connectivity index is 1.93. The van der Waals surface area contributed by atoms with Crippen LogP contribution in [0.25, 0.3) is 16.6 Å². The summed E-state index contributed by atoms with van der Waals surface area (Å²) in [6.07, 6.45) is 4.22. The summed E-state index contributed by atoms with van der Waals surface area (Å²) in [5.74, 6) is 0.744. The van der Waals surface area contributed by atoms with Crippen molar-refractivity contribution in [1.82, 2.24) is 14.7 Å². The van der Waals surface area contributed by atoms with Crippen molar-refractivity contribution in [1.29, 1.82) is 0 Å². The van der Waals surface area contributed by atoms with Crippen LogP contribution in [0, 0.1) is 3.95 Å². The van der Waals surface area contributed by atoms with Crippen molar-refractivity contribution in [2.24, 2.45) is 0 Å². The van der Waals surface area contributed by atoms with Crippen LogP contribution in [0.15, 0.2) is 16.9 Å². The van der Waals surface area contributed by atoms with Crippen LogP contribution in [0.2, 0.25) is 0 Å². The molecule has 1 aliphatic carbocycles. The molecule has 0 unspecified atom stereocenters. The number of benzene rings is 1. The largest absolute Gasteiger partial charge is 0.493 e. The number of aromatic nitrogens is 2. The first-order valence-corrected chi connectivity index (χ1v) is 9.90. The van der Waals surface area contributed by atoms with E-state index in [2.05, 4.69) is 10.3 Å². The van der Waals surface area contributed by atoms with E-state index in [4.69, 9.17) is 21.7 Å². The lowest BCUT2D eigenvalue weighted by atomic mass is 10.2. The Morgan fingerprint density at radius 2 is 1.93 bits per heavy atom. The fourth-order valence-electron chi connectivity index (χ4n) is 3.59. The first-order chi connectivity index (χ1) is 13.0. The van der Waals surface area contributed by atoms with E-state index < -0.39 is 0 Å². The molecule has 1 amide bonds. The van der Waals surface area contributed by atoms with Gasteiger partial charge in [-0.25, -0.2) is 0 Å². The molecule has 9 heteroatoms. The summed E-state index contributed by atoms with van der Waals surface area (Å²) < 4.78 is 12.8. The highest BCUT2D eigenvalue weighted by Crippen LogP contribution is 2.32. The molecule has 1 saturated carbocycles. The fourth-order valence-corrected chi connectivity index (χ4v) is 4.88. The van der Waals surface area contributed by atoms with Crippen LogP contribution in [-0.4, -0.2) is 35.6 Å². The van der Waals surface area contributed by atoms with Gasteiger partial charge in [-0.1, -0.05) is 24.2 Å². The zero-order valence-corrected chi connectivity index (χ0v) is 16.6. The molecule has 4 rings (SSSR count). The minimum Gasteiger partial charge on any atom is -0.493 e. The molecular weight excluding hydrogens is 386 g/mol. The van der Waals surface area contributed by atoms with E-state index in [1.807, 2.05) is 0 Å². The van der Waals surface area contributed by atoms with Gasteiger partial charge in [0.25, 0.3) is 11.5 Å². The molecule has 27 heavy (non-hydrogen) atoms. The van der Waals surface area contributed by atoms with Gasteiger partial charge in [-0.15, -0.1) is 0 Å². The molecule has 142 valence electrons. The third-order valence-corrected chi connectivity index (χ3v) is 6.30. The summed E-state index contributed by atoms with van der Waals surface area (Å²) >= 11 is 6.68. The van der Waals surface area contributed by atoms with Crippen LogP contribution < -0.4 is 20.3 Å². The second kappa shape index (κ2) is 6.97. The van der Waals surface area contributed by atoms with E-state index in [1.165, 1.54) is 25.6 Å². The van der Waals surface area contributed by atoms with Crippen molar-refractivity contribution in [3.05, 3.63) is 31.3 Å². The SMILES string of the molecule is COc1cc2c(=O)[nH]c3c(C(=O)NC4CCCC4)sc(=S)n3c2cc1OC. The number of methoxy groups -OCH3 is 2. The Kier molecular flexibility index (Phi) is 4.65. The third-order valence-electron chi connectivity index (χ3n) is 4.93. The molecule has 2 aromatic heterocycles. The molecule has 0 aliphatic heterocycles. The van der Waals surface area contributed by atoms with Crippen molar-refractivity contribution in [2.45, 2.75) is 31.7 Å². The Bertz CT molecular complexity index is 1160. The lowest BCUT2D eigenvalue weighted by molar-refractivity contribution is 0.0943. The molecule has 0 bridgehead atoms. The van der Waals surface area contributed by atoms with E-state index in [9.17, 15) is 9.59 Å². The monoisotopic (exact) mass is 405 g/mol. The molecule has 1 fully saturated rings. The molecule has 1 aliphatic rings. The maximum Gasteiger partial charge on any atom is 0.265 e. The molecule has 0 saturated heterocycles. The van der Waals surface area contributed by atoms with Gasteiger partial charge in [-0.3, -0.25) is 14.0 Å². The van der Waals surface area contributed by atoms with Crippen LogP contribution in [0.3, 0.4) is 0 Å². The number of aromatic amines is 1. The number of rotatable bonds is 4. The molecule has 7 nitrogen and oxygen atoms in total. The van der Waals surface area contributed by atoms with E-state index in [1.54, 1.807) is 16.5 Å². The smallest absolute Gasteiger partial charge is 0.265 e. The predicted molar refractivity (Wildman–Crippen MR) is 107 cm³/mol. The van der Waals surface area contributed by atoms with Crippen LogP contribution >= 0.6 is 23.6 Å². The summed E-state index contributed by atoms with van der Waals surface area (Å²) in [6, 6.07) is 3.51. The Morgan fingerprint density at radius 3 is 2.59 bits per heavy atom. The van der Waals surface area contributed by atoms with E-state index in [0.29, 0.717) is 36.9 Å². The van der Waals surface area contributed by atoms with Crippen molar-refractivity contribution in [3.63, 3.8) is 0 Å². The average molecular weight is 406 g/mol. The van der Waals surface area contributed by atoms with Crippen LogP contribution in [0.4, 0.5) is 0 Å². The Labute approximate surface area is 163 Å².